The number of carbonyl (C=O) groups excluding carboxylic acids is 1. The maximum absolute atomic E-state index is 14.6. The monoisotopic (exact) mass is 462 g/mol. The van der Waals surface area contributed by atoms with Crippen molar-refractivity contribution in [3.8, 4) is 5.75 Å². The number of benzene rings is 1. The molecular weight excluding hydrogens is 434 g/mol. The van der Waals surface area contributed by atoms with Gasteiger partial charge in [0.15, 0.2) is 11.6 Å². The molecule has 2 fully saturated rings. The van der Waals surface area contributed by atoms with Crippen LogP contribution in [0.4, 0.5) is 20.2 Å². The summed E-state index contributed by atoms with van der Waals surface area (Å²) < 4.78 is 41.6. The summed E-state index contributed by atoms with van der Waals surface area (Å²) in [5.74, 6) is -2.45. The molecule has 9 heteroatoms. The number of halogens is 2. The lowest BCUT2D eigenvalue weighted by molar-refractivity contribution is -0.120. The van der Waals surface area contributed by atoms with E-state index in [1.165, 1.54) is 13.2 Å². The summed E-state index contributed by atoms with van der Waals surface area (Å²) in [6.45, 7) is 2.43. The molecule has 0 unspecified atom stereocenters. The molecule has 172 valence electrons. The Bertz CT molecular complexity index is 1070. The summed E-state index contributed by atoms with van der Waals surface area (Å²) in [5, 5.41) is 3.57. The quantitative estimate of drug-likeness (QED) is 0.662. The van der Waals surface area contributed by atoms with Crippen molar-refractivity contribution in [2.45, 2.75) is 49.6 Å². The van der Waals surface area contributed by atoms with Crippen LogP contribution in [0.5, 0.6) is 5.75 Å². The molecule has 1 spiro atoms. The summed E-state index contributed by atoms with van der Waals surface area (Å²) in [7, 11) is 0.521. The Morgan fingerprint density at radius 2 is 2.00 bits per heavy atom. The first-order valence-corrected chi connectivity index (χ1v) is 12.3. The largest absolute Gasteiger partial charge is 0.491 e. The molecule has 1 aromatic carbocycles. The maximum Gasteiger partial charge on any atom is 0.249 e. The van der Waals surface area contributed by atoms with Gasteiger partial charge in [-0.15, -0.1) is 0 Å². The van der Waals surface area contributed by atoms with E-state index in [1.807, 2.05) is 11.8 Å². The first kappa shape index (κ1) is 22.6. The van der Waals surface area contributed by atoms with E-state index >= 15 is 0 Å². The summed E-state index contributed by atoms with van der Waals surface area (Å²) in [5.41, 5.74) is -0.0928. The minimum atomic E-state index is -1.05. The van der Waals surface area contributed by atoms with E-state index in [0.29, 0.717) is 29.4 Å². The summed E-state index contributed by atoms with van der Waals surface area (Å²) in [6, 6.07) is 5.97. The lowest BCUT2D eigenvalue weighted by Crippen LogP contribution is -2.51. The maximum atomic E-state index is 14.6. The van der Waals surface area contributed by atoms with Gasteiger partial charge in [0.25, 0.3) is 0 Å². The molecule has 2 heterocycles. The number of carbonyl (C=O) groups is 1. The molecule has 2 atom stereocenters. The predicted molar refractivity (Wildman–Crippen MR) is 121 cm³/mol. The third kappa shape index (κ3) is 3.87. The fourth-order valence-corrected chi connectivity index (χ4v) is 5.78. The van der Waals surface area contributed by atoms with Crippen LogP contribution < -0.4 is 15.0 Å². The summed E-state index contributed by atoms with van der Waals surface area (Å²) in [6.07, 6.45) is 8.11. The molecule has 2 aliphatic rings. The number of nitrogens with zero attached hydrogens (tertiary/aromatic N) is 2. The van der Waals surface area contributed by atoms with Crippen molar-refractivity contribution >= 4 is 28.0 Å². The predicted octanol–water partition coefficient (Wildman–Crippen LogP) is 4.91. The highest BCUT2D eigenvalue weighted by atomic mass is 32.2. The smallest absolute Gasteiger partial charge is 0.249 e. The molecular formula is C23H28F2N4O2S. The molecule has 1 saturated heterocycles. The average Bonchev–Trinajstić information content (AvgIpc) is 3.34. The van der Waals surface area contributed by atoms with Crippen LogP contribution in [0.1, 0.15) is 39.0 Å². The molecule has 2 aromatic rings. The van der Waals surface area contributed by atoms with Crippen LogP contribution >= 0.6 is 0 Å². The van der Waals surface area contributed by atoms with E-state index in [9.17, 15) is 13.6 Å². The summed E-state index contributed by atoms with van der Waals surface area (Å²) >= 11 is 0. The summed E-state index contributed by atoms with van der Waals surface area (Å²) in [4.78, 5) is 19.7. The molecule has 1 amide bonds. The SMILES string of the molecule is COc1c(N2CC3(CCCC3)C[C@@]2(C)C(=O)Nc2ccnc([S@](C)=N)c2)ccc(F)c1F. The molecule has 1 aliphatic carbocycles. The van der Waals surface area contributed by atoms with Gasteiger partial charge in [-0.05, 0) is 62.1 Å². The Morgan fingerprint density at radius 3 is 2.66 bits per heavy atom. The molecule has 0 bridgehead atoms. The Labute approximate surface area is 189 Å². The number of rotatable bonds is 5. The third-order valence-electron chi connectivity index (χ3n) is 6.79. The van der Waals surface area contributed by atoms with Crippen LogP contribution in [0.25, 0.3) is 0 Å². The fourth-order valence-electron chi connectivity index (χ4n) is 5.25. The zero-order valence-corrected chi connectivity index (χ0v) is 19.3. The number of amides is 1. The zero-order chi connectivity index (χ0) is 23.1. The van der Waals surface area contributed by atoms with Crippen molar-refractivity contribution in [2.75, 3.05) is 30.1 Å². The van der Waals surface area contributed by atoms with Crippen LogP contribution in [0.15, 0.2) is 35.5 Å². The van der Waals surface area contributed by atoms with Gasteiger partial charge in [-0.25, -0.2) is 9.37 Å². The van der Waals surface area contributed by atoms with Gasteiger partial charge >= 0.3 is 0 Å². The van der Waals surface area contributed by atoms with E-state index in [2.05, 4.69) is 10.3 Å². The Hall–Kier alpha value is -2.55. The van der Waals surface area contributed by atoms with E-state index < -0.39 is 27.9 Å². The van der Waals surface area contributed by atoms with Gasteiger partial charge in [0.2, 0.25) is 11.7 Å². The Balaban J connectivity index is 1.74. The van der Waals surface area contributed by atoms with Gasteiger partial charge in [0.1, 0.15) is 10.6 Å². The van der Waals surface area contributed by atoms with Crippen LogP contribution in [0.2, 0.25) is 0 Å². The highest BCUT2D eigenvalue weighted by Crippen LogP contribution is 2.54. The number of hydrogen-bond donors (Lipinski definition) is 2. The minimum Gasteiger partial charge on any atom is -0.491 e. The van der Waals surface area contributed by atoms with Crippen LogP contribution in [-0.2, 0) is 15.5 Å². The number of nitrogens with one attached hydrogen (secondary N) is 2. The number of pyridine rings is 1. The minimum absolute atomic E-state index is 0.0531. The molecule has 2 N–H and O–H groups in total. The van der Waals surface area contributed by atoms with Crippen LogP contribution in [0, 0.1) is 21.8 Å². The van der Waals surface area contributed by atoms with E-state index in [4.69, 9.17) is 9.52 Å². The van der Waals surface area contributed by atoms with Gasteiger partial charge in [0, 0.05) is 18.4 Å². The van der Waals surface area contributed by atoms with Crippen molar-refractivity contribution < 1.29 is 18.3 Å². The van der Waals surface area contributed by atoms with Gasteiger partial charge in [-0.2, -0.15) is 4.39 Å². The van der Waals surface area contributed by atoms with Crippen molar-refractivity contribution in [2.24, 2.45) is 5.41 Å². The average molecular weight is 463 g/mol. The molecule has 1 aliphatic heterocycles. The van der Waals surface area contributed by atoms with Gasteiger partial charge in [-0.1, -0.05) is 23.5 Å². The molecule has 32 heavy (non-hydrogen) atoms. The van der Waals surface area contributed by atoms with E-state index in [-0.39, 0.29) is 17.1 Å². The highest BCUT2D eigenvalue weighted by molar-refractivity contribution is 7.85. The van der Waals surface area contributed by atoms with Crippen LogP contribution in [0.3, 0.4) is 0 Å². The molecule has 0 radical (unpaired) electrons. The number of anilines is 2. The van der Waals surface area contributed by atoms with E-state index in [0.717, 1.165) is 31.7 Å². The lowest BCUT2D eigenvalue weighted by Gasteiger charge is -2.36. The third-order valence-corrected chi connectivity index (χ3v) is 7.64. The number of methoxy groups -OCH3 is 1. The van der Waals surface area contributed by atoms with E-state index in [1.54, 1.807) is 24.6 Å². The number of ether oxygens (including phenoxy) is 1. The van der Waals surface area contributed by atoms with Gasteiger partial charge in [0.05, 0.1) is 12.8 Å². The number of aromatic nitrogens is 1. The Morgan fingerprint density at radius 1 is 1.28 bits per heavy atom. The van der Waals surface area contributed by atoms with Crippen molar-refractivity contribution in [1.29, 1.82) is 4.78 Å². The Kier molecular flexibility index (Phi) is 5.96. The van der Waals surface area contributed by atoms with Crippen molar-refractivity contribution in [3.63, 3.8) is 0 Å². The topological polar surface area (TPSA) is 78.3 Å². The van der Waals surface area contributed by atoms with Gasteiger partial charge < -0.3 is 15.0 Å². The standard InChI is InChI=1S/C23H28F2N4O2S/c1-22(21(30)28-15-8-11-27-18(12-15)32(3)26)13-23(9-4-5-10-23)14-29(22)17-7-6-16(24)19(25)20(17)31-2/h6-8,11-12,26H,4-5,9-10,13-14H2,1-3H3,(H,27,28,30)/t22-,32-/m0/s1. The molecule has 1 saturated carbocycles. The van der Waals surface area contributed by atoms with Crippen molar-refractivity contribution in [3.05, 3.63) is 42.1 Å². The highest BCUT2D eigenvalue weighted by Gasteiger charge is 2.56. The second kappa shape index (κ2) is 8.42. The fraction of sp³-hybridized carbons (Fsp3) is 0.478. The number of hydrogen-bond acceptors (Lipinski definition) is 5. The second-order valence-corrected chi connectivity index (χ2v) is 10.4. The van der Waals surface area contributed by atoms with Crippen molar-refractivity contribution in [1.82, 2.24) is 4.98 Å². The van der Waals surface area contributed by atoms with Gasteiger partial charge in [-0.3, -0.25) is 9.57 Å². The molecule has 4 rings (SSSR count). The first-order valence-electron chi connectivity index (χ1n) is 10.6. The van der Waals surface area contributed by atoms with Crippen LogP contribution in [-0.4, -0.2) is 36.3 Å². The lowest BCUT2D eigenvalue weighted by atomic mass is 9.79. The molecule has 6 nitrogen and oxygen atoms in total. The second-order valence-electron chi connectivity index (χ2n) is 9.00. The zero-order valence-electron chi connectivity index (χ0n) is 18.5. The normalized spacial score (nSPS) is 22.8. The molecule has 1 aromatic heterocycles. The first-order chi connectivity index (χ1) is 15.2.